The van der Waals surface area contributed by atoms with Crippen LogP contribution in [0.1, 0.15) is 41.0 Å². The van der Waals surface area contributed by atoms with Crippen LogP contribution in [0.5, 0.6) is 0 Å². The van der Waals surface area contributed by atoms with Crippen LogP contribution < -0.4 is 10.6 Å². The summed E-state index contributed by atoms with van der Waals surface area (Å²) in [6, 6.07) is 0. The van der Waals surface area contributed by atoms with Gasteiger partial charge in [0.05, 0.1) is 11.3 Å². The second-order valence-corrected chi connectivity index (χ2v) is 8.49. The third kappa shape index (κ3) is 7.40. The highest BCUT2D eigenvalue weighted by atomic mass is 32.2. The van der Waals surface area contributed by atoms with Gasteiger partial charge in [-0.1, -0.05) is 13.8 Å². The van der Waals surface area contributed by atoms with Crippen molar-refractivity contribution in [2.24, 2.45) is 10.9 Å². The Bertz CT molecular complexity index is 387. The summed E-state index contributed by atoms with van der Waals surface area (Å²) >= 11 is 0. The van der Waals surface area contributed by atoms with Gasteiger partial charge in [-0.25, -0.2) is 8.42 Å². The zero-order valence-corrected chi connectivity index (χ0v) is 13.9. The molecule has 2 N–H and O–H groups in total. The second kappa shape index (κ2) is 7.72. The van der Waals surface area contributed by atoms with Gasteiger partial charge in [0.15, 0.2) is 15.8 Å². The van der Waals surface area contributed by atoms with Gasteiger partial charge in [0.1, 0.15) is 0 Å². The quantitative estimate of drug-likeness (QED) is 0.549. The number of guanidine groups is 1. The largest absolute Gasteiger partial charge is 0.357 e. The number of nitrogens with one attached hydrogen (secondary N) is 2. The number of rotatable bonds is 7. The molecule has 0 unspecified atom stereocenters. The summed E-state index contributed by atoms with van der Waals surface area (Å²) in [5.74, 6) is 1.31. The molecule has 0 aromatic carbocycles. The van der Waals surface area contributed by atoms with Gasteiger partial charge in [0.25, 0.3) is 0 Å². The van der Waals surface area contributed by atoms with E-state index < -0.39 is 14.6 Å². The topological polar surface area (TPSA) is 70.6 Å². The zero-order valence-electron chi connectivity index (χ0n) is 13.1. The van der Waals surface area contributed by atoms with E-state index in [1.807, 2.05) is 6.92 Å². The molecule has 0 fully saturated rings. The van der Waals surface area contributed by atoms with Crippen molar-refractivity contribution >= 4 is 15.8 Å². The van der Waals surface area contributed by atoms with Crippen LogP contribution in [0.15, 0.2) is 4.99 Å². The summed E-state index contributed by atoms with van der Waals surface area (Å²) in [5, 5.41) is 6.34. The Hall–Kier alpha value is -0.780. The first-order valence-electron chi connectivity index (χ1n) is 6.82. The van der Waals surface area contributed by atoms with Crippen LogP contribution in [0.4, 0.5) is 0 Å². The maximum absolute atomic E-state index is 11.6. The average molecular weight is 291 g/mol. The minimum Gasteiger partial charge on any atom is -0.357 e. The van der Waals surface area contributed by atoms with E-state index in [1.54, 1.807) is 13.8 Å². The molecule has 114 valence electrons. The minimum atomic E-state index is -3.11. The standard InChI is InChI=1S/C13H29N3O2S/c1-7-14-12(15-9-8-11(2)3)16-10-13(4,5)19(6,17)18/h11H,7-10H2,1-6H3,(H2,14,15,16). The van der Waals surface area contributed by atoms with Crippen molar-refractivity contribution in [3.05, 3.63) is 0 Å². The van der Waals surface area contributed by atoms with Crippen molar-refractivity contribution in [2.75, 3.05) is 25.9 Å². The minimum absolute atomic E-state index is 0.253. The molecule has 0 saturated carbocycles. The van der Waals surface area contributed by atoms with Crippen LogP contribution in [0.3, 0.4) is 0 Å². The summed E-state index contributed by atoms with van der Waals surface area (Å²) in [4.78, 5) is 4.36. The van der Waals surface area contributed by atoms with Gasteiger partial charge in [0, 0.05) is 19.3 Å². The normalized spacial score (nSPS) is 13.7. The van der Waals surface area contributed by atoms with Crippen molar-refractivity contribution in [3.8, 4) is 0 Å². The van der Waals surface area contributed by atoms with Crippen LogP contribution in [-0.4, -0.2) is 45.0 Å². The van der Waals surface area contributed by atoms with E-state index >= 15 is 0 Å². The molecule has 19 heavy (non-hydrogen) atoms. The number of nitrogens with zero attached hydrogens (tertiary/aromatic N) is 1. The van der Waals surface area contributed by atoms with Gasteiger partial charge in [-0.3, -0.25) is 4.99 Å². The zero-order chi connectivity index (χ0) is 15.1. The van der Waals surface area contributed by atoms with E-state index in [-0.39, 0.29) is 6.54 Å². The summed E-state index contributed by atoms with van der Waals surface area (Å²) in [5.41, 5.74) is 0. The van der Waals surface area contributed by atoms with Crippen LogP contribution in [0, 0.1) is 5.92 Å². The molecule has 0 heterocycles. The smallest absolute Gasteiger partial charge is 0.191 e. The Balaban J connectivity index is 4.58. The van der Waals surface area contributed by atoms with E-state index in [0.29, 0.717) is 11.9 Å². The van der Waals surface area contributed by atoms with Gasteiger partial charge >= 0.3 is 0 Å². The van der Waals surface area contributed by atoms with E-state index in [0.717, 1.165) is 19.5 Å². The van der Waals surface area contributed by atoms with Crippen LogP contribution in [0.25, 0.3) is 0 Å². The predicted molar refractivity (Wildman–Crippen MR) is 82.4 cm³/mol. The fourth-order valence-corrected chi connectivity index (χ4v) is 1.51. The van der Waals surface area contributed by atoms with Crippen molar-refractivity contribution in [3.63, 3.8) is 0 Å². The maximum Gasteiger partial charge on any atom is 0.191 e. The first-order valence-corrected chi connectivity index (χ1v) is 8.71. The van der Waals surface area contributed by atoms with Gasteiger partial charge in [-0.2, -0.15) is 0 Å². The van der Waals surface area contributed by atoms with Crippen molar-refractivity contribution in [1.29, 1.82) is 0 Å². The van der Waals surface area contributed by atoms with Crippen molar-refractivity contribution in [1.82, 2.24) is 10.6 Å². The Morgan fingerprint density at radius 1 is 1.26 bits per heavy atom. The highest BCUT2D eigenvalue weighted by Crippen LogP contribution is 2.15. The predicted octanol–water partition coefficient (Wildman–Crippen LogP) is 1.41. The van der Waals surface area contributed by atoms with E-state index in [2.05, 4.69) is 29.5 Å². The van der Waals surface area contributed by atoms with Gasteiger partial charge in [-0.15, -0.1) is 0 Å². The summed E-state index contributed by atoms with van der Waals surface area (Å²) in [6.07, 6.45) is 2.31. The Morgan fingerprint density at radius 2 is 1.84 bits per heavy atom. The lowest BCUT2D eigenvalue weighted by Crippen LogP contribution is -2.41. The lowest BCUT2D eigenvalue weighted by atomic mass is 10.1. The number of sulfone groups is 1. The molecule has 0 aromatic heterocycles. The Kier molecular flexibility index (Phi) is 7.41. The van der Waals surface area contributed by atoms with Gasteiger partial charge < -0.3 is 10.6 Å². The molecule has 0 saturated heterocycles. The van der Waals surface area contributed by atoms with Gasteiger partial charge in [0.2, 0.25) is 0 Å². The SMILES string of the molecule is CCNC(=NCC(C)(C)S(C)(=O)=O)NCCC(C)C. The maximum atomic E-state index is 11.6. The summed E-state index contributed by atoms with van der Waals surface area (Å²) in [6.45, 7) is 11.6. The number of aliphatic imine (C=N–C) groups is 1. The molecule has 0 aliphatic carbocycles. The lowest BCUT2D eigenvalue weighted by molar-refractivity contribution is 0.553. The molecule has 0 bridgehead atoms. The number of hydrogen-bond acceptors (Lipinski definition) is 3. The molecule has 0 aromatic rings. The summed E-state index contributed by atoms with van der Waals surface area (Å²) in [7, 11) is -3.11. The highest BCUT2D eigenvalue weighted by molar-refractivity contribution is 7.92. The molecule has 0 aliphatic rings. The summed E-state index contributed by atoms with van der Waals surface area (Å²) < 4.78 is 22.4. The Morgan fingerprint density at radius 3 is 2.26 bits per heavy atom. The first-order chi connectivity index (χ1) is 8.60. The third-order valence-corrected chi connectivity index (χ3v) is 5.12. The highest BCUT2D eigenvalue weighted by Gasteiger charge is 2.29. The van der Waals surface area contributed by atoms with Crippen LogP contribution >= 0.6 is 0 Å². The molecule has 0 amide bonds. The molecule has 5 nitrogen and oxygen atoms in total. The first kappa shape index (κ1) is 18.2. The second-order valence-electron chi connectivity index (χ2n) is 5.84. The molecule has 0 spiro atoms. The molecule has 0 radical (unpaired) electrons. The molecule has 6 heteroatoms. The molecule has 0 atom stereocenters. The fraction of sp³-hybridized carbons (Fsp3) is 0.923. The van der Waals surface area contributed by atoms with E-state index in [4.69, 9.17) is 0 Å². The van der Waals surface area contributed by atoms with Crippen molar-refractivity contribution < 1.29 is 8.42 Å². The molecular formula is C13H29N3O2S. The van der Waals surface area contributed by atoms with Crippen molar-refractivity contribution in [2.45, 2.75) is 45.8 Å². The average Bonchev–Trinajstić information content (AvgIpc) is 2.24. The monoisotopic (exact) mass is 291 g/mol. The number of hydrogen-bond donors (Lipinski definition) is 2. The van der Waals surface area contributed by atoms with Crippen LogP contribution in [0.2, 0.25) is 0 Å². The van der Waals surface area contributed by atoms with E-state index in [9.17, 15) is 8.42 Å². The third-order valence-electron chi connectivity index (χ3n) is 2.98. The van der Waals surface area contributed by atoms with Crippen LogP contribution in [-0.2, 0) is 9.84 Å². The van der Waals surface area contributed by atoms with E-state index in [1.165, 1.54) is 6.26 Å². The van der Waals surface area contributed by atoms with Gasteiger partial charge in [-0.05, 0) is 33.1 Å². The molecular weight excluding hydrogens is 262 g/mol. The fourth-order valence-electron chi connectivity index (χ4n) is 1.21. The lowest BCUT2D eigenvalue weighted by Gasteiger charge is -2.21. The molecule has 0 rings (SSSR count). The Labute approximate surface area is 118 Å². The molecule has 0 aliphatic heterocycles.